The monoisotopic (exact) mass is 257 g/mol. The molecule has 0 atom stereocenters. The van der Waals surface area contributed by atoms with Gasteiger partial charge in [-0.3, -0.25) is 5.43 Å². The van der Waals surface area contributed by atoms with Crippen molar-refractivity contribution in [3.8, 4) is 11.5 Å². The van der Waals surface area contributed by atoms with Gasteiger partial charge < -0.3 is 9.47 Å². The molecule has 0 spiro atoms. The number of rotatable bonds is 5. The van der Waals surface area contributed by atoms with Crippen molar-refractivity contribution in [1.82, 2.24) is 4.98 Å². The highest BCUT2D eigenvalue weighted by Crippen LogP contribution is 2.26. The fourth-order valence-corrected chi connectivity index (χ4v) is 1.53. The summed E-state index contributed by atoms with van der Waals surface area (Å²) in [6.07, 6.45) is 3.39. The van der Waals surface area contributed by atoms with Gasteiger partial charge in [0.15, 0.2) is 11.5 Å². The Bertz CT molecular complexity index is 556. The molecule has 0 aliphatic heterocycles. The van der Waals surface area contributed by atoms with Crippen molar-refractivity contribution < 1.29 is 9.47 Å². The summed E-state index contributed by atoms with van der Waals surface area (Å²) in [6.45, 7) is 0. The number of hydrogen-bond donors (Lipinski definition) is 1. The highest BCUT2D eigenvalue weighted by atomic mass is 16.5. The second-order valence-electron chi connectivity index (χ2n) is 3.70. The molecule has 0 amide bonds. The van der Waals surface area contributed by atoms with Gasteiger partial charge in [0.25, 0.3) is 0 Å². The average molecular weight is 257 g/mol. The lowest BCUT2D eigenvalue weighted by molar-refractivity contribution is 0.355. The van der Waals surface area contributed by atoms with E-state index in [0.29, 0.717) is 17.3 Å². The van der Waals surface area contributed by atoms with Crippen LogP contribution in [0.4, 0.5) is 5.82 Å². The Labute approximate surface area is 111 Å². The highest BCUT2D eigenvalue weighted by Gasteiger charge is 2.02. The van der Waals surface area contributed by atoms with E-state index in [0.717, 1.165) is 5.56 Å². The molecular weight excluding hydrogens is 242 g/mol. The van der Waals surface area contributed by atoms with Gasteiger partial charge in [0.2, 0.25) is 0 Å². The van der Waals surface area contributed by atoms with E-state index in [2.05, 4.69) is 15.5 Å². The third kappa shape index (κ3) is 3.45. The smallest absolute Gasteiger partial charge is 0.161 e. The van der Waals surface area contributed by atoms with Crippen LogP contribution in [-0.2, 0) is 0 Å². The van der Waals surface area contributed by atoms with Crippen LogP contribution < -0.4 is 14.9 Å². The molecule has 98 valence electrons. The van der Waals surface area contributed by atoms with Crippen molar-refractivity contribution in [2.24, 2.45) is 5.10 Å². The van der Waals surface area contributed by atoms with Crippen molar-refractivity contribution in [1.29, 1.82) is 0 Å². The lowest BCUT2D eigenvalue weighted by Gasteiger charge is -2.07. The van der Waals surface area contributed by atoms with Crippen LogP contribution in [0.15, 0.2) is 47.7 Å². The molecule has 2 rings (SSSR count). The summed E-state index contributed by atoms with van der Waals surface area (Å²) in [5.41, 5.74) is 3.75. The lowest BCUT2D eigenvalue weighted by Crippen LogP contribution is -1.94. The maximum absolute atomic E-state index is 5.22. The van der Waals surface area contributed by atoms with Crippen LogP contribution >= 0.6 is 0 Å². The van der Waals surface area contributed by atoms with E-state index >= 15 is 0 Å². The Hall–Kier alpha value is -2.56. The van der Waals surface area contributed by atoms with Gasteiger partial charge in [-0.05, 0) is 35.9 Å². The molecule has 0 saturated heterocycles. The van der Waals surface area contributed by atoms with Crippen LogP contribution in [0.5, 0.6) is 11.5 Å². The zero-order valence-corrected chi connectivity index (χ0v) is 10.8. The van der Waals surface area contributed by atoms with Crippen molar-refractivity contribution in [2.75, 3.05) is 19.6 Å². The van der Waals surface area contributed by atoms with Crippen molar-refractivity contribution >= 4 is 12.0 Å². The number of ether oxygens (including phenoxy) is 2. The number of benzene rings is 1. The Morgan fingerprint density at radius 2 is 1.95 bits per heavy atom. The fourth-order valence-electron chi connectivity index (χ4n) is 1.53. The third-order valence-corrected chi connectivity index (χ3v) is 2.47. The van der Waals surface area contributed by atoms with E-state index in [1.54, 1.807) is 26.6 Å². The zero-order valence-electron chi connectivity index (χ0n) is 10.8. The van der Waals surface area contributed by atoms with Crippen LogP contribution in [-0.4, -0.2) is 25.4 Å². The molecule has 0 aliphatic rings. The third-order valence-electron chi connectivity index (χ3n) is 2.47. The molecule has 0 radical (unpaired) electrons. The number of nitrogens with one attached hydrogen (secondary N) is 1. The maximum atomic E-state index is 5.22. The van der Waals surface area contributed by atoms with Gasteiger partial charge in [-0.15, -0.1) is 0 Å². The molecule has 0 unspecified atom stereocenters. The average Bonchev–Trinajstić information content (AvgIpc) is 2.48. The molecule has 5 heteroatoms. The first kappa shape index (κ1) is 12.9. The van der Waals surface area contributed by atoms with Gasteiger partial charge in [0, 0.05) is 6.20 Å². The van der Waals surface area contributed by atoms with Crippen LogP contribution in [0.3, 0.4) is 0 Å². The zero-order chi connectivity index (χ0) is 13.5. The van der Waals surface area contributed by atoms with Crippen LogP contribution in [0, 0.1) is 0 Å². The Kier molecular flexibility index (Phi) is 4.34. The van der Waals surface area contributed by atoms with E-state index in [1.165, 1.54) is 0 Å². The minimum Gasteiger partial charge on any atom is -0.493 e. The van der Waals surface area contributed by atoms with Gasteiger partial charge in [-0.25, -0.2) is 4.98 Å². The summed E-state index contributed by atoms with van der Waals surface area (Å²) in [5, 5.41) is 4.11. The summed E-state index contributed by atoms with van der Waals surface area (Å²) >= 11 is 0. The van der Waals surface area contributed by atoms with Gasteiger partial charge in [-0.2, -0.15) is 5.10 Å². The van der Waals surface area contributed by atoms with Crippen molar-refractivity contribution in [2.45, 2.75) is 0 Å². The Morgan fingerprint density at radius 1 is 1.11 bits per heavy atom. The fraction of sp³-hybridized carbons (Fsp3) is 0.143. The largest absolute Gasteiger partial charge is 0.493 e. The summed E-state index contributed by atoms with van der Waals surface area (Å²) in [5.74, 6) is 2.06. The second-order valence-corrected chi connectivity index (χ2v) is 3.70. The molecule has 0 bridgehead atoms. The Morgan fingerprint density at radius 3 is 2.63 bits per heavy atom. The molecule has 0 aliphatic carbocycles. The number of pyridine rings is 1. The number of hydrogen-bond acceptors (Lipinski definition) is 5. The molecule has 0 fully saturated rings. The van der Waals surface area contributed by atoms with Crippen LogP contribution in [0.1, 0.15) is 5.56 Å². The number of aromatic nitrogens is 1. The van der Waals surface area contributed by atoms with Gasteiger partial charge in [-0.1, -0.05) is 6.07 Å². The molecule has 1 aromatic carbocycles. The first-order valence-corrected chi connectivity index (χ1v) is 5.75. The quantitative estimate of drug-likeness (QED) is 0.660. The number of anilines is 1. The SMILES string of the molecule is COc1ccc(C=NNc2ccccn2)cc1OC. The van der Waals surface area contributed by atoms with Gasteiger partial charge in [0.05, 0.1) is 20.4 Å². The number of hydrazone groups is 1. The van der Waals surface area contributed by atoms with Gasteiger partial charge in [0.1, 0.15) is 5.82 Å². The molecule has 19 heavy (non-hydrogen) atoms. The minimum absolute atomic E-state index is 0.671. The lowest BCUT2D eigenvalue weighted by atomic mass is 10.2. The predicted octanol–water partition coefficient (Wildman–Crippen LogP) is 2.54. The van der Waals surface area contributed by atoms with Crippen LogP contribution in [0.2, 0.25) is 0 Å². The molecule has 1 heterocycles. The van der Waals surface area contributed by atoms with Gasteiger partial charge >= 0.3 is 0 Å². The molecular formula is C14H15N3O2. The number of nitrogens with zero attached hydrogens (tertiary/aromatic N) is 2. The second kappa shape index (κ2) is 6.39. The van der Waals surface area contributed by atoms with E-state index in [-0.39, 0.29) is 0 Å². The number of methoxy groups -OCH3 is 2. The topological polar surface area (TPSA) is 55.7 Å². The predicted molar refractivity (Wildman–Crippen MR) is 75.0 cm³/mol. The molecule has 1 N–H and O–H groups in total. The maximum Gasteiger partial charge on any atom is 0.161 e. The first-order valence-electron chi connectivity index (χ1n) is 5.75. The highest BCUT2D eigenvalue weighted by molar-refractivity contribution is 5.81. The molecule has 2 aromatic rings. The van der Waals surface area contributed by atoms with Crippen molar-refractivity contribution in [3.63, 3.8) is 0 Å². The molecule has 1 aromatic heterocycles. The summed E-state index contributed by atoms with van der Waals surface area (Å²) in [4.78, 5) is 4.10. The van der Waals surface area contributed by atoms with E-state index in [4.69, 9.17) is 9.47 Å². The van der Waals surface area contributed by atoms with Crippen molar-refractivity contribution in [3.05, 3.63) is 48.2 Å². The van der Waals surface area contributed by atoms with Crippen LogP contribution in [0.25, 0.3) is 0 Å². The summed E-state index contributed by atoms with van der Waals surface area (Å²) in [7, 11) is 3.21. The van der Waals surface area contributed by atoms with E-state index in [9.17, 15) is 0 Å². The van der Waals surface area contributed by atoms with E-state index < -0.39 is 0 Å². The van der Waals surface area contributed by atoms with E-state index in [1.807, 2.05) is 36.4 Å². The minimum atomic E-state index is 0.671. The standard InChI is InChI=1S/C14H15N3O2/c1-18-12-7-6-11(9-13(12)19-2)10-16-17-14-5-3-4-8-15-14/h3-10H,1-2H3,(H,15,17). The Balaban J connectivity index is 2.07. The molecule has 0 saturated carbocycles. The normalized spacial score (nSPS) is 10.4. The summed E-state index contributed by atoms with van der Waals surface area (Å²) < 4.78 is 10.4. The summed E-state index contributed by atoms with van der Waals surface area (Å²) in [6, 6.07) is 11.2. The first-order chi connectivity index (χ1) is 9.33. The molecule has 5 nitrogen and oxygen atoms in total.